The van der Waals surface area contributed by atoms with Crippen molar-refractivity contribution < 1.29 is 9.18 Å². The summed E-state index contributed by atoms with van der Waals surface area (Å²) in [6.07, 6.45) is 5.63. The van der Waals surface area contributed by atoms with Crippen molar-refractivity contribution >= 4 is 11.6 Å². The Balaban J connectivity index is 1.76. The average Bonchev–Trinajstić information content (AvgIpc) is 2.84. The number of carbonyl (C=O) groups excluding carboxylic acids is 1. The molecule has 3 aromatic heterocycles. The molecule has 0 fully saturated rings. The lowest BCUT2D eigenvalue weighted by Gasteiger charge is -2.12. The third kappa shape index (κ3) is 3.21. The van der Waals surface area contributed by atoms with Crippen molar-refractivity contribution in [3.63, 3.8) is 0 Å². The zero-order valence-corrected chi connectivity index (χ0v) is 13.0. The zero-order valence-electron chi connectivity index (χ0n) is 13.0. The lowest BCUT2D eigenvalue weighted by molar-refractivity contribution is 0.0931. The Labute approximate surface area is 133 Å². The number of imidazole rings is 1. The number of fused-ring (bicyclic) bond motifs is 1. The van der Waals surface area contributed by atoms with Gasteiger partial charge < -0.3 is 5.32 Å². The van der Waals surface area contributed by atoms with E-state index in [-0.39, 0.29) is 11.7 Å². The maximum Gasteiger partial charge on any atom is 0.274 e. The molecule has 3 heterocycles. The highest BCUT2D eigenvalue weighted by molar-refractivity contribution is 5.93. The molecule has 0 aliphatic heterocycles. The first-order chi connectivity index (χ1) is 11.0. The van der Waals surface area contributed by atoms with Crippen molar-refractivity contribution in [1.29, 1.82) is 0 Å². The highest BCUT2D eigenvalue weighted by atomic mass is 19.1. The second-order valence-corrected chi connectivity index (χ2v) is 5.62. The van der Waals surface area contributed by atoms with Crippen molar-refractivity contribution in [2.45, 2.75) is 26.3 Å². The molecule has 0 unspecified atom stereocenters. The number of pyridine rings is 2. The lowest BCUT2D eigenvalue weighted by atomic mass is 10.1. The predicted octanol–water partition coefficient (Wildman–Crippen LogP) is 2.54. The summed E-state index contributed by atoms with van der Waals surface area (Å²) in [6.45, 7) is 3.76. The van der Waals surface area contributed by atoms with Gasteiger partial charge in [-0.1, -0.05) is 6.07 Å². The molecule has 0 bridgehead atoms. The SMILES string of the molecule is Cc1ccn2c(F)c(C(=O)N[C@H](C)Cc3cccnc3)nc2c1. The second kappa shape index (κ2) is 6.16. The minimum Gasteiger partial charge on any atom is -0.348 e. The van der Waals surface area contributed by atoms with Crippen molar-refractivity contribution in [3.8, 4) is 0 Å². The Hall–Kier alpha value is -2.76. The molecule has 0 saturated carbocycles. The Kier molecular flexibility index (Phi) is 4.06. The third-order valence-corrected chi connectivity index (χ3v) is 3.58. The van der Waals surface area contributed by atoms with E-state index in [1.54, 1.807) is 30.7 Å². The number of aryl methyl sites for hydroxylation is 1. The van der Waals surface area contributed by atoms with Gasteiger partial charge in [-0.2, -0.15) is 4.39 Å². The van der Waals surface area contributed by atoms with E-state index in [9.17, 15) is 9.18 Å². The van der Waals surface area contributed by atoms with E-state index >= 15 is 0 Å². The van der Waals surface area contributed by atoms with Gasteiger partial charge in [0.05, 0.1) is 0 Å². The Morgan fingerprint density at radius 3 is 3.00 bits per heavy atom. The summed E-state index contributed by atoms with van der Waals surface area (Å²) in [7, 11) is 0. The van der Waals surface area contributed by atoms with E-state index in [2.05, 4.69) is 15.3 Å². The summed E-state index contributed by atoms with van der Waals surface area (Å²) < 4.78 is 15.6. The van der Waals surface area contributed by atoms with Crippen LogP contribution in [-0.4, -0.2) is 26.3 Å². The molecule has 0 aromatic carbocycles. The Morgan fingerprint density at radius 2 is 2.26 bits per heavy atom. The van der Waals surface area contributed by atoms with E-state index in [4.69, 9.17) is 0 Å². The van der Waals surface area contributed by atoms with Crippen LogP contribution in [0.2, 0.25) is 0 Å². The molecule has 6 heteroatoms. The fraction of sp³-hybridized carbons (Fsp3) is 0.235. The van der Waals surface area contributed by atoms with Crippen LogP contribution in [0.5, 0.6) is 0 Å². The van der Waals surface area contributed by atoms with Crippen LogP contribution < -0.4 is 5.32 Å². The molecule has 1 atom stereocenters. The standard InChI is InChI=1S/C17H17FN4O/c1-11-5-7-22-14(8-11)21-15(16(22)18)17(23)20-12(2)9-13-4-3-6-19-10-13/h3-8,10,12H,9H2,1-2H3,(H,20,23)/t12-/m1/s1. The van der Waals surface area contributed by atoms with Gasteiger partial charge >= 0.3 is 0 Å². The number of nitrogens with one attached hydrogen (secondary N) is 1. The molecule has 0 aliphatic carbocycles. The van der Waals surface area contributed by atoms with E-state index in [1.165, 1.54) is 4.40 Å². The number of nitrogens with zero attached hydrogens (tertiary/aromatic N) is 3. The van der Waals surface area contributed by atoms with Gasteiger partial charge in [0.15, 0.2) is 5.69 Å². The van der Waals surface area contributed by atoms with Crippen LogP contribution in [-0.2, 0) is 6.42 Å². The number of amides is 1. The topological polar surface area (TPSA) is 59.3 Å². The predicted molar refractivity (Wildman–Crippen MR) is 84.8 cm³/mol. The molecule has 0 spiro atoms. The number of aromatic nitrogens is 3. The largest absolute Gasteiger partial charge is 0.348 e. The second-order valence-electron chi connectivity index (χ2n) is 5.62. The summed E-state index contributed by atoms with van der Waals surface area (Å²) in [5.41, 5.74) is 2.20. The number of hydrogen-bond acceptors (Lipinski definition) is 3. The van der Waals surface area contributed by atoms with Crippen LogP contribution in [0.4, 0.5) is 4.39 Å². The average molecular weight is 312 g/mol. The maximum atomic E-state index is 14.3. The molecule has 1 N–H and O–H groups in total. The molecule has 5 nitrogen and oxygen atoms in total. The van der Waals surface area contributed by atoms with Gasteiger partial charge in [0.2, 0.25) is 5.95 Å². The molecular formula is C17H17FN4O. The molecule has 0 saturated heterocycles. The van der Waals surface area contributed by atoms with Crippen molar-refractivity contribution in [2.75, 3.05) is 0 Å². The monoisotopic (exact) mass is 312 g/mol. The fourth-order valence-electron chi connectivity index (χ4n) is 2.48. The molecule has 3 rings (SSSR count). The minimum absolute atomic E-state index is 0.155. The summed E-state index contributed by atoms with van der Waals surface area (Å²) in [6, 6.07) is 7.12. The van der Waals surface area contributed by atoms with E-state index in [0.29, 0.717) is 12.1 Å². The van der Waals surface area contributed by atoms with Gasteiger partial charge in [-0.25, -0.2) is 4.98 Å². The molecule has 0 aliphatic rings. The summed E-state index contributed by atoms with van der Waals surface area (Å²) in [5, 5.41) is 2.78. The normalized spacial score (nSPS) is 12.3. The summed E-state index contributed by atoms with van der Waals surface area (Å²) >= 11 is 0. The van der Waals surface area contributed by atoms with Gasteiger partial charge in [0, 0.05) is 24.6 Å². The zero-order chi connectivity index (χ0) is 16.4. The highest BCUT2D eigenvalue weighted by Crippen LogP contribution is 2.13. The molecular weight excluding hydrogens is 295 g/mol. The smallest absolute Gasteiger partial charge is 0.274 e. The van der Waals surface area contributed by atoms with Gasteiger partial charge in [-0.05, 0) is 49.6 Å². The number of hydrogen-bond donors (Lipinski definition) is 1. The Bertz CT molecular complexity index is 844. The number of rotatable bonds is 4. The first kappa shape index (κ1) is 15.1. The van der Waals surface area contributed by atoms with Crippen LogP contribution in [0.3, 0.4) is 0 Å². The van der Waals surface area contributed by atoms with Crippen LogP contribution in [0, 0.1) is 12.9 Å². The van der Waals surface area contributed by atoms with Gasteiger partial charge in [0.1, 0.15) is 5.65 Å². The molecule has 1 amide bonds. The third-order valence-electron chi connectivity index (χ3n) is 3.58. The van der Waals surface area contributed by atoms with Crippen molar-refractivity contribution in [2.24, 2.45) is 0 Å². The first-order valence-electron chi connectivity index (χ1n) is 7.38. The van der Waals surface area contributed by atoms with Crippen LogP contribution in [0.15, 0.2) is 42.9 Å². The minimum atomic E-state index is -0.647. The number of halogens is 1. The van der Waals surface area contributed by atoms with Gasteiger partial charge in [-0.15, -0.1) is 0 Å². The molecule has 118 valence electrons. The first-order valence-corrected chi connectivity index (χ1v) is 7.38. The Morgan fingerprint density at radius 1 is 1.43 bits per heavy atom. The quantitative estimate of drug-likeness (QED) is 0.805. The van der Waals surface area contributed by atoms with Crippen LogP contribution in [0.1, 0.15) is 28.5 Å². The van der Waals surface area contributed by atoms with E-state index < -0.39 is 11.9 Å². The van der Waals surface area contributed by atoms with Crippen LogP contribution >= 0.6 is 0 Å². The summed E-state index contributed by atoms with van der Waals surface area (Å²) in [4.78, 5) is 20.4. The summed E-state index contributed by atoms with van der Waals surface area (Å²) in [5.74, 6) is -1.16. The van der Waals surface area contributed by atoms with E-state index in [0.717, 1.165) is 11.1 Å². The molecule has 0 radical (unpaired) electrons. The van der Waals surface area contributed by atoms with Gasteiger partial charge in [-0.3, -0.25) is 14.2 Å². The maximum absolute atomic E-state index is 14.3. The van der Waals surface area contributed by atoms with Gasteiger partial charge in [0.25, 0.3) is 5.91 Å². The number of carbonyl (C=O) groups is 1. The molecule has 3 aromatic rings. The highest BCUT2D eigenvalue weighted by Gasteiger charge is 2.20. The van der Waals surface area contributed by atoms with Crippen molar-refractivity contribution in [1.82, 2.24) is 19.7 Å². The molecule has 23 heavy (non-hydrogen) atoms. The lowest BCUT2D eigenvalue weighted by Crippen LogP contribution is -2.34. The fourth-order valence-corrected chi connectivity index (χ4v) is 2.48. The van der Waals surface area contributed by atoms with Crippen LogP contribution in [0.25, 0.3) is 5.65 Å². The van der Waals surface area contributed by atoms with Crippen molar-refractivity contribution in [3.05, 3.63) is 65.6 Å². The van der Waals surface area contributed by atoms with E-state index in [1.807, 2.05) is 26.0 Å².